The van der Waals surface area contributed by atoms with Crippen molar-refractivity contribution in [2.75, 3.05) is 37.7 Å². The highest BCUT2D eigenvalue weighted by atomic mass is 35.5. The summed E-state index contributed by atoms with van der Waals surface area (Å²) in [5.41, 5.74) is 2.44. The molecular weight excluding hydrogens is 514 g/mol. The molecule has 0 saturated carbocycles. The van der Waals surface area contributed by atoms with Gasteiger partial charge in [0.05, 0.1) is 17.9 Å². The fourth-order valence-electron chi connectivity index (χ4n) is 6.20. The molecule has 3 heterocycles. The van der Waals surface area contributed by atoms with E-state index >= 15 is 0 Å². The average Bonchev–Trinajstić information content (AvgIpc) is 3.34. The number of rotatable bonds is 2. The van der Waals surface area contributed by atoms with Crippen LogP contribution in [0.5, 0.6) is 5.75 Å². The predicted octanol–water partition coefficient (Wildman–Crippen LogP) is 4.92. The van der Waals surface area contributed by atoms with Crippen LogP contribution < -0.4 is 15.0 Å². The minimum Gasteiger partial charge on any atom is -0.491 e. The number of carbonyl (C=O) groups excluding carboxylic acids is 3. The lowest BCUT2D eigenvalue weighted by Gasteiger charge is -2.41. The second kappa shape index (κ2) is 12.0. The number of benzene rings is 2. The van der Waals surface area contributed by atoms with Crippen molar-refractivity contribution in [3.63, 3.8) is 0 Å². The standard InChI is InChI=1S/C31H38ClN3O4/c1-22-10-11-25(20-26(22)32)35-21-24(19-28(35)36)29(37)34-16-13-31(14-17-34)12-6-2-3-7-23-8-4-5-9-27(23)39-18-15-33-30(31)38/h4-5,8-11,20,24H,2-3,6-7,12-19,21H2,1H3,(H,33,38). The van der Waals surface area contributed by atoms with Gasteiger partial charge in [0, 0.05) is 36.8 Å². The Hall–Kier alpha value is -3.06. The maximum atomic E-state index is 13.5. The van der Waals surface area contributed by atoms with E-state index in [4.69, 9.17) is 16.3 Å². The van der Waals surface area contributed by atoms with Gasteiger partial charge in [-0.3, -0.25) is 14.4 Å². The van der Waals surface area contributed by atoms with Gasteiger partial charge in [-0.1, -0.05) is 48.7 Å². The van der Waals surface area contributed by atoms with Crippen LogP contribution in [-0.2, 0) is 20.8 Å². The van der Waals surface area contributed by atoms with Crippen LogP contribution in [-0.4, -0.2) is 55.4 Å². The van der Waals surface area contributed by atoms with Gasteiger partial charge in [-0.25, -0.2) is 0 Å². The number of aryl methyl sites for hydroxylation is 2. The second-order valence-electron chi connectivity index (χ2n) is 11.2. The van der Waals surface area contributed by atoms with Gasteiger partial charge in [-0.2, -0.15) is 0 Å². The average molecular weight is 552 g/mol. The lowest BCUT2D eigenvalue weighted by Crippen LogP contribution is -2.51. The van der Waals surface area contributed by atoms with Gasteiger partial charge in [0.2, 0.25) is 17.7 Å². The predicted molar refractivity (Wildman–Crippen MR) is 152 cm³/mol. The molecule has 1 N–H and O–H groups in total. The van der Waals surface area contributed by atoms with E-state index in [-0.39, 0.29) is 30.1 Å². The van der Waals surface area contributed by atoms with Crippen LogP contribution in [0.2, 0.25) is 5.02 Å². The van der Waals surface area contributed by atoms with Gasteiger partial charge < -0.3 is 19.9 Å². The maximum Gasteiger partial charge on any atom is 0.228 e. The molecule has 8 heteroatoms. The molecule has 2 saturated heterocycles. The first-order valence-electron chi connectivity index (χ1n) is 14.2. The normalized spacial score (nSPS) is 22.3. The number of anilines is 1. The number of para-hydroxylation sites is 1. The van der Waals surface area contributed by atoms with Crippen molar-refractivity contribution >= 4 is 35.0 Å². The van der Waals surface area contributed by atoms with E-state index in [2.05, 4.69) is 11.4 Å². The molecule has 2 aromatic rings. The Balaban J connectivity index is 1.19. The summed E-state index contributed by atoms with van der Waals surface area (Å²) in [5.74, 6) is 0.557. The van der Waals surface area contributed by atoms with E-state index in [0.717, 1.165) is 49.1 Å². The number of fused-ring (bicyclic) bond motifs is 1. The zero-order valence-corrected chi connectivity index (χ0v) is 23.5. The number of carbonyl (C=O) groups is 3. The highest BCUT2D eigenvalue weighted by Crippen LogP contribution is 2.39. The van der Waals surface area contributed by atoms with Crippen molar-refractivity contribution in [1.82, 2.24) is 10.2 Å². The fraction of sp³-hybridized carbons (Fsp3) is 0.516. The molecule has 208 valence electrons. The molecule has 0 bridgehead atoms. The van der Waals surface area contributed by atoms with Gasteiger partial charge in [-0.05, 0) is 68.4 Å². The SMILES string of the molecule is Cc1ccc(N2CC(C(=O)N3CCC4(CCCCCc5ccccc5OCCNC4=O)CC3)CC2=O)cc1Cl. The van der Waals surface area contributed by atoms with Crippen molar-refractivity contribution in [3.8, 4) is 5.75 Å². The Labute approximate surface area is 235 Å². The van der Waals surface area contributed by atoms with Crippen LogP contribution in [0.1, 0.15) is 56.1 Å². The maximum absolute atomic E-state index is 13.5. The van der Waals surface area contributed by atoms with Crippen LogP contribution in [0.25, 0.3) is 0 Å². The van der Waals surface area contributed by atoms with Gasteiger partial charge >= 0.3 is 0 Å². The third-order valence-electron chi connectivity index (χ3n) is 8.67. The summed E-state index contributed by atoms with van der Waals surface area (Å²) < 4.78 is 5.99. The third-order valence-corrected chi connectivity index (χ3v) is 9.08. The summed E-state index contributed by atoms with van der Waals surface area (Å²) in [4.78, 5) is 43.2. The van der Waals surface area contributed by atoms with Crippen molar-refractivity contribution in [2.45, 2.75) is 58.3 Å². The molecule has 5 rings (SSSR count). The second-order valence-corrected chi connectivity index (χ2v) is 11.6. The van der Waals surface area contributed by atoms with Crippen LogP contribution in [0.3, 0.4) is 0 Å². The minimum absolute atomic E-state index is 0.00937. The van der Waals surface area contributed by atoms with Crippen LogP contribution in [0.4, 0.5) is 5.69 Å². The van der Waals surface area contributed by atoms with Crippen LogP contribution in [0.15, 0.2) is 42.5 Å². The molecule has 1 unspecified atom stereocenters. The van der Waals surface area contributed by atoms with Crippen LogP contribution >= 0.6 is 11.6 Å². The lowest BCUT2D eigenvalue weighted by molar-refractivity contribution is -0.143. The molecule has 0 aromatic heterocycles. The zero-order chi connectivity index (χ0) is 27.4. The number of likely N-dealkylation sites (tertiary alicyclic amines) is 1. The topological polar surface area (TPSA) is 79.0 Å². The number of nitrogens with one attached hydrogen (secondary N) is 1. The number of amides is 3. The largest absolute Gasteiger partial charge is 0.491 e. The van der Waals surface area contributed by atoms with E-state index in [1.807, 2.05) is 42.2 Å². The Bertz CT molecular complexity index is 1220. The summed E-state index contributed by atoms with van der Waals surface area (Å²) in [5, 5.41) is 3.73. The molecule has 1 spiro atoms. The fourth-order valence-corrected chi connectivity index (χ4v) is 6.37. The summed E-state index contributed by atoms with van der Waals surface area (Å²) in [6.07, 6.45) is 6.37. The number of hydrogen-bond donors (Lipinski definition) is 1. The van der Waals surface area contributed by atoms with Crippen molar-refractivity contribution in [3.05, 3.63) is 58.6 Å². The first-order chi connectivity index (χ1) is 18.9. The molecular formula is C31H38ClN3O4. The van der Waals surface area contributed by atoms with Crippen molar-refractivity contribution < 1.29 is 19.1 Å². The molecule has 7 nitrogen and oxygen atoms in total. The zero-order valence-electron chi connectivity index (χ0n) is 22.7. The first-order valence-corrected chi connectivity index (χ1v) is 14.6. The highest BCUT2D eigenvalue weighted by Gasteiger charge is 2.44. The highest BCUT2D eigenvalue weighted by molar-refractivity contribution is 6.31. The molecule has 2 fully saturated rings. The summed E-state index contributed by atoms with van der Waals surface area (Å²) in [6, 6.07) is 13.7. The Morgan fingerprint density at radius 3 is 2.64 bits per heavy atom. The smallest absolute Gasteiger partial charge is 0.228 e. The summed E-state index contributed by atoms with van der Waals surface area (Å²) in [7, 11) is 0. The van der Waals surface area contributed by atoms with Crippen molar-refractivity contribution in [2.24, 2.45) is 11.3 Å². The summed E-state index contributed by atoms with van der Waals surface area (Å²) >= 11 is 6.28. The van der Waals surface area contributed by atoms with Crippen LogP contribution in [0, 0.1) is 18.3 Å². The molecule has 1 atom stereocenters. The van der Waals surface area contributed by atoms with Gasteiger partial charge in [-0.15, -0.1) is 0 Å². The molecule has 2 aromatic carbocycles. The van der Waals surface area contributed by atoms with Gasteiger partial charge in [0.25, 0.3) is 0 Å². The third kappa shape index (κ3) is 6.08. The number of piperidine rings is 1. The molecule has 3 amide bonds. The number of ether oxygens (including phenoxy) is 1. The Kier molecular flexibility index (Phi) is 8.46. The van der Waals surface area contributed by atoms with E-state index in [1.54, 1.807) is 11.0 Å². The molecule has 0 radical (unpaired) electrons. The van der Waals surface area contributed by atoms with Crippen molar-refractivity contribution in [1.29, 1.82) is 0 Å². The first kappa shape index (κ1) is 27.5. The Morgan fingerprint density at radius 2 is 1.85 bits per heavy atom. The number of nitrogens with zero attached hydrogens (tertiary/aromatic N) is 2. The number of hydrogen-bond acceptors (Lipinski definition) is 4. The lowest BCUT2D eigenvalue weighted by atomic mass is 9.73. The van der Waals surface area contributed by atoms with E-state index in [0.29, 0.717) is 50.7 Å². The molecule has 0 aliphatic carbocycles. The monoisotopic (exact) mass is 551 g/mol. The minimum atomic E-state index is -0.464. The van der Waals surface area contributed by atoms with Gasteiger partial charge in [0.1, 0.15) is 12.4 Å². The molecule has 3 aliphatic rings. The van der Waals surface area contributed by atoms with E-state index < -0.39 is 5.41 Å². The van der Waals surface area contributed by atoms with E-state index in [9.17, 15) is 14.4 Å². The molecule has 3 aliphatic heterocycles. The quantitative estimate of drug-likeness (QED) is 0.574. The number of halogens is 1. The van der Waals surface area contributed by atoms with Gasteiger partial charge in [0.15, 0.2) is 0 Å². The van der Waals surface area contributed by atoms with E-state index in [1.165, 1.54) is 5.56 Å². The summed E-state index contributed by atoms with van der Waals surface area (Å²) in [6.45, 7) is 4.25. The Morgan fingerprint density at radius 1 is 1.05 bits per heavy atom. The molecule has 39 heavy (non-hydrogen) atoms.